The van der Waals surface area contributed by atoms with E-state index in [1.54, 1.807) is 20.8 Å². The maximum Gasteiger partial charge on any atom is 0.412 e. The number of ether oxygens (including phenoxy) is 3. The second kappa shape index (κ2) is 7.60. The van der Waals surface area contributed by atoms with Crippen LogP contribution in [0.2, 0.25) is 0 Å². The largest absolute Gasteiger partial charge is 0.491 e. The van der Waals surface area contributed by atoms with Gasteiger partial charge in [0.15, 0.2) is 0 Å². The van der Waals surface area contributed by atoms with Crippen molar-refractivity contribution in [1.82, 2.24) is 0 Å². The number of hydrogen-bond acceptors (Lipinski definition) is 6. The number of carbonyl (C=O) groups is 1. The van der Waals surface area contributed by atoms with E-state index < -0.39 is 16.6 Å². The molecule has 0 spiro atoms. The average molecular weight is 312 g/mol. The van der Waals surface area contributed by atoms with Crippen LogP contribution in [0.3, 0.4) is 0 Å². The van der Waals surface area contributed by atoms with Crippen LogP contribution in [0.1, 0.15) is 20.8 Å². The number of carbonyl (C=O) groups excluding carboxylic acids is 1. The topological polar surface area (TPSA) is 99.9 Å². The summed E-state index contributed by atoms with van der Waals surface area (Å²) in [5, 5.41) is 13.5. The maximum atomic E-state index is 11.7. The first-order chi connectivity index (χ1) is 10.2. The minimum atomic E-state index is -0.761. The molecule has 1 aromatic carbocycles. The highest BCUT2D eigenvalue weighted by molar-refractivity contribution is 5.88. The average Bonchev–Trinajstić information content (AvgIpc) is 2.38. The summed E-state index contributed by atoms with van der Waals surface area (Å²) >= 11 is 0. The molecule has 0 bridgehead atoms. The van der Waals surface area contributed by atoms with Crippen molar-refractivity contribution in [3.05, 3.63) is 28.3 Å². The molecule has 0 aliphatic rings. The van der Waals surface area contributed by atoms with E-state index in [1.807, 2.05) is 0 Å². The molecule has 0 heterocycles. The number of benzene rings is 1. The molecule has 0 atom stereocenters. The summed E-state index contributed by atoms with van der Waals surface area (Å²) in [6.07, 6.45) is -0.761. The van der Waals surface area contributed by atoms with Gasteiger partial charge in [0.1, 0.15) is 23.6 Å². The zero-order valence-corrected chi connectivity index (χ0v) is 13.0. The molecule has 122 valence electrons. The molecule has 1 aromatic rings. The van der Waals surface area contributed by atoms with Crippen LogP contribution in [0.25, 0.3) is 0 Å². The number of rotatable bonds is 6. The summed E-state index contributed by atoms with van der Waals surface area (Å²) in [5.74, 6) is 0.318. The normalized spacial score (nSPS) is 10.9. The van der Waals surface area contributed by atoms with Gasteiger partial charge >= 0.3 is 6.09 Å². The highest BCUT2D eigenvalue weighted by atomic mass is 16.6. The van der Waals surface area contributed by atoms with Crippen LogP contribution in [0, 0.1) is 10.1 Å². The van der Waals surface area contributed by atoms with E-state index >= 15 is 0 Å². The van der Waals surface area contributed by atoms with Gasteiger partial charge in [-0.2, -0.15) is 0 Å². The predicted octanol–water partition coefficient (Wildman–Crippen LogP) is 2.97. The SMILES string of the molecule is COCCOc1ccc(NC(=O)OC(C)(C)C)c([N+](=O)[O-])c1. The van der Waals surface area contributed by atoms with Gasteiger partial charge in [0.05, 0.1) is 17.6 Å². The van der Waals surface area contributed by atoms with Crippen molar-refractivity contribution >= 4 is 17.5 Å². The van der Waals surface area contributed by atoms with Gasteiger partial charge in [-0.05, 0) is 32.9 Å². The van der Waals surface area contributed by atoms with Gasteiger partial charge in [-0.3, -0.25) is 15.4 Å². The third-order valence-electron chi connectivity index (χ3n) is 2.36. The van der Waals surface area contributed by atoms with Gasteiger partial charge in [-0.25, -0.2) is 4.79 Å². The fraction of sp³-hybridized carbons (Fsp3) is 0.500. The highest BCUT2D eigenvalue weighted by Gasteiger charge is 2.21. The van der Waals surface area contributed by atoms with E-state index in [0.717, 1.165) is 0 Å². The van der Waals surface area contributed by atoms with Gasteiger partial charge in [0, 0.05) is 7.11 Å². The van der Waals surface area contributed by atoms with Crippen LogP contribution in [-0.4, -0.2) is 36.9 Å². The van der Waals surface area contributed by atoms with Crippen molar-refractivity contribution in [1.29, 1.82) is 0 Å². The Balaban J connectivity index is 2.86. The minimum Gasteiger partial charge on any atom is -0.491 e. The molecule has 0 aliphatic heterocycles. The summed E-state index contributed by atoms with van der Waals surface area (Å²) < 4.78 is 15.2. The summed E-state index contributed by atoms with van der Waals surface area (Å²) in [4.78, 5) is 22.2. The lowest BCUT2D eigenvalue weighted by molar-refractivity contribution is -0.384. The van der Waals surface area contributed by atoms with E-state index in [1.165, 1.54) is 25.3 Å². The molecule has 0 aromatic heterocycles. The monoisotopic (exact) mass is 312 g/mol. The Kier molecular flexibility index (Phi) is 6.11. The second-order valence-corrected chi connectivity index (χ2v) is 5.40. The Morgan fingerprint density at radius 2 is 2.00 bits per heavy atom. The number of nitrogens with zero attached hydrogens (tertiary/aromatic N) is 1. The number of methoxy groups -OCH3 is 1. The van der Waals surface area contributed by atoms with Crippen molar-refractivity contribution in [2.45, 2.75) is 26.4 Å². The predicted molar refractivity (Wildman–Crippen MR) is 80.3 cm³/mol. The molecule has 1 N–H and O–H groups in total. The molecule has 1 rings (SSSR count). The van der Waals surface area contributed by atoms with E-state index in [9.17, 15) is 14.9 Å². The van der Waals surface area contributed by atoms with Crippen LogP contribution in [0.15, 0.2) is 18.2 Å². The van der Waals surface area contributed by atoms with Gasteiger partial charge in [-0.15, -0.1) is 0 Å². The number of nitro benzene ring substituents is 1. The van der Waals surface area contributed by atoms with E-state index in [2.05, 4.69) is 5.32 Å². The number of anilines is 1. The Hall–Kier alpha value is -2.35. The summed E-state index contributed by atoms with van der Waals surface area (Å²) in [6.45, 7) is 5.74. The molecule has 8 heteroatoms. The molecule has 0 saturated heterocycles. The zero-order chi connectivity index (χ0) is 16.8. The van der Waals surface area contributed by atoms with E-state index in [4.69, 9.17) is 14.2 Å². The lowest BCUT2D eigenvalue weighted by Crippen LogP contribution is -2.27. The highest BCUT2D eigenvalue weighted by Crippen LogP contribution is 2.29. The molecule has 0 saturated carbocycles. The number of nitrogens with one attached hydrogen (secondary N) is 1. The molecular weight excluding hydrogens is 292 g/mol. The van der Waals surface area contributed by atoms with Crippen LogP contribution >= 0.6 is 0 Å². The summed E-state index contributed by atoms with van der Waals surface area (Å²) in [6, 6.07) is 4.15. The Morgan fingerprint density at radius 1 is 1.32 bits per heavy atom. The molecule has 8 nitrogen and oxygen atoms in total. The van der Waals surface area contributed by atoms with Crippen molar-refractivity contribution < 1.29 is 23.9 Å². The fourth-order valence-electron chi connectivity index (χ4n) is 1.51. The van der Waals surface area contributed by atoms with Crippen molar-refractivity contribution in [2.75, 3.05) is 25.6 Å². The Labute approximate surface area is 128 Å². The standard InChI is InChI=1S/C14H20N2O6/c1-14(2,3)22-13(17)15-11-6-5-10(21-8-7-20-4)9-12(11)16(18)19/h5-6,9H,7-8H2,1-4H3,(H,15,17). The second-order valence-electron chi connectivity index (χ2n) is 5.40. The van der Waals surface area contributed by atoms with Crippen molar-refractivity contribution in [3.8, 4) is 5.75 Å². The summed E-state index contributed by atoms with van der Waals surface area (Å²) in [5.41, 5.74) is -0.929. The first-order valence-corrected chi connectivity index (χ1v) is 6.63. The molecule has 22 heavy (non-hydrogen) atoms. The van der Waals surface area contributed by atoms with Gasteiger partial charge in [0.25, 0.3) is 5.69 Å². The number of amides is 1. The fourth-order valence-corrected chi connectivity index (χ4v) is 1.51. The molecule has 1 amide bonds. The Morgan fingerprint density at radius 3 is 2.55 bits per heavy atom. The van der Waals surface area contributed by atoms with Crippen molar-refractivity contribution in [3.63, 3.8) is 0 Å². The van der Waals surface area contributed by atoms with Gasteiger partial charge in [0.2, 0.25) is 0 Å². The van der Waals surface area contributed by atoms with E-state index in [0.29, 0.717) is 12.4 Å². The van der Waals surface area contributed by atoms with Crippen molar-refractivity contribution in [2.24, 2.45) is 0 Å². The van der Waals surface area contributed by atoms with Crippen LogP contribution in [0.5, 0.6) is 5.75 Å². The number of nitro groups is 1. The minimum absolute atomic E-state index is 0.0401. The van der Waals surface area contributed by atoms with Crippen LogP contribution in [0.4, 0.5) is 16.2 Å². The molecule has 0 unspecified atom stereocenters. The zero-order valence-electron chi connectivity index (χ0n) is 13.0. The first kappa shape index (κ1) is 17.7. The smallest absolute Gasteiger partial charge is 0.412 e. The first-order valence-electron chi connectivity index (χ1n) is 6.63. The quantitative estimate of drug-likeness (QED) is 0.492. The molecule has 0 aliphatic carbocycles. The summed E-state index contributed by atoms with van der Waals surface area (Å²) in [7, 11) is 1.53. The van der Waals surface area contributed by atoms with Gasteiger partial charge in [-0.1, -0.05) is 0 Å². The van der Waals surface area contributed by atoms with Crippen LogP contribution in [-0.2, 0) is 9.47 Å². The van der Waals surface area contributed by atoms with Crippen LogP contribution < -0.4 is 10.1 Å². The molecular formula is C14H20N2O6. The Bertz CT molecular complexity index is 539. The maximum absolute atomic E-state index is 11.7. The third-order valence-corrected chi connectivity index (χ3v) is 2.36. The van der Waals surface area contributed by atoms with E-state index in [-0.39, 0.29) is 18.0 Å². The molecule has 0 fully saturated rings. The number of hydrogen-bond donors (Lipinski definition) is 1. The lowest BCUT2D eigenvalue weighted by Gasteiger charge is -2.19. The van der Waals surface area contributed by atoms with Gasteiger partial charge < -0.3 is 14.2 Å². The molecule has 0 radical (unpaired) electrons. The third kappa shape index (κ3) is 5.96. The lowest BCUT2D eigenvalue weighted by atomic mass is 10.2.